The Kier molecular flexibility index (Phi) is 5.38. The van der Waals surface area contributed by atoms with Crippen molar-refractivity contribution in [2.45, 2.75) is 44.1 Å². The summed E-state index contributed by atoms with van der Waals surface area (Å²) in [4.78, 5) is 13.8. The number of piperidine rings is 1. The van der Waals surface area contributed by atoms with Crippen LogP contribution < -0.4 is 4.72 Å². The summed E-state index contributed by atoms with van der Waals surface area (Å²) in [5.74, 6) is 0.146. The number of amides is 1. The largest absolute Gasteiger partial charge is 0.444 e. The molecule has 148 valence electrons. The number of nitrogens with zero attached hydrogens (tertiary/aromatic N) is 3. The van der Waals surface area contributed by atoms with Gasteiger partial charge in [0.2, 0.25) is 10.0 Å². The number of ether oxygens (including phenoxy) is 1. The Bertz CT molecular complexity index is 911. The topological polar surface area (TPSA) is 115 Å². The van der Waals surface area contributed by atoms with E-state index in [0.29, 0.717) is 38.0 Å². The molecule has 1 aromatic heterocycles. The number of hydrogen-bond donors (Lipinski definition) is 1. The summed E-state index contributed by atoms with van der Waals surface area (Å²) in [6, 6.07) is 4.71. The van der Waals surface area contributed by atoms with Crippen molar-refractivity contribution in [1.29, 1.82) is 0 Å². The summed E-state index contributed by atoms with van der Waals surface area (Å²) in [5.41, 5.74) is 0.0777. The van der Waals surface area contributed by atoms with Gasteiger partial charge in [0, 0.05) is 19.6 Å². The van der Waals surface area contributed by atoms with Gasteiger partial charge in [-0.05, 0) is 62.0 Å². The fourth-order valence-electron chi connectivity index (χ4n) is 2.95. The first-order valence-corrected chi connectivity index (χ1v) is 10.3. The van der Waals surface area contributed by atoms with Gasteiger partial charge in [0.05, 0.1) is 0 Å². The van der Waals surface area contributed by atoms with Crippen LogP contribution in [-0.4, -0.2) is 55.0 Å². The zero-order valence-corrected chi connectivity index (χ0v) is 16.5. The van der Waals surface area contributed by atoms with E-state index in [0.717, 1.165) is 0 Å². The molecule has 10 heteroatoms. The predicted octanol–water partition coefficient (Wildman–Crippen LogP) is 2.15. The molecular formula is C17H24N4O5S. The van der Waals surface area contributed by atoms with Crippen molar-refractivity contribution in [2.24, 2.45) is 5.92 Å². The highest BCUT2D eigenvalue weighted by Crippen LogP contribution is 2.22. The van der Waals surface area contributed by atoms with Gasteiger partial charge >= 0.3 is 6.09 Å². The molecule has 1 fully saturated rings. The van der Waals surface area contributed by atoms with Crippen molar-refractivity contribution in [3.8, 4) is 0 Å². The van der Waals surface area contributed by atoms with Gasteiger partial charge in [-0.3, -0.25) is 0 Å². The van der Waals surface area contributed by atoms with Crippen LogP contribution in [0.25, 0.3) is 11.0 Å². The van der Waals surface area contributed by atoms with Crippen LogP contribution in [0.5, 0.6) is 0 Å². The van der Waals surface area contributed by atoms with E-state index >= 15 is 0 Å². The Morgan fingerprint density at radius 1 is 1.30 bits per heavy atom. The quantitative estimate of drug-likeness (QED) is 0.842. The van der Waals surface area contributed by atoms with Gasteiger partial charge in [-0.15, -0.1) is 0 Å². The summed E-state index contributed by atoms with van der Waals surface area (Å²) < 4.78 is 37.9. The smallest absolute Gasteiger partial charge is 0.410 e. The second kappa shape index (κ2) is 7.43. The van der Waals surface area contributed by atoms with Crippen LogP contribution in [0.4, 0.5) is 4.79 Å². The Labute approximate surface area is 158 Å². The van der Waals surface area contributed by atoms with Crippen LogP contribution in [-0.2, 0) is 14.8 Å². The fraction of sp³-hybridized carbons (Fsp3) is 0.588. The van der Waals surface area contributed by atoms with Crippen LogP contribution in [0.15, 0.2) is 27.7 Å². The van der Waals surface area contributed by atoms with Crippen molar-refractivity contribution in [3.63, 3.8) is 0 Å². The maximum Gasteiger partial charge on any atom is 0.410 e. The summed E-state index contributed by atoms with van der Waals surface area (Å²) >= 11 is 0. The number of fused-ring (bicyclic) bond motifs is 1. The van der Waals surface area contributed by atoms with Gasteiger partial charge in [-0.2, -0.15) is 0 Å². The fourth-order valence-corrected chi connectivity index (χ4v) is 4.21. The molecule has 3 rings (SSSR count). The van der Waals surface area contributed by atoms with Gasteiger partial charge in [0.1, 0.15) is 16.0 Å². The number of aromatic nitrogens is 2. The van der Waals surface area contributed by atoms with Gasteiger partial charge in [-0.25, -0.2) is 22.6 Å². The number of hydrogen-bond acceptors (Lipinski definition) is 7. The van der Waals surface area contributed by atoms with Crippen molar-refractivity contribution >= 4 is 27.1 Å². The molecule has 0 aliphatic carbocycles. The SMILES string of the molecule is CC(C)(C)OC(=O)N1CCC(CNS(=O)(=O)c2cccc3nonc23)CC1. The summed E-state index contributed by atoms with van der Waals surface area (Å²) in [6.07, 6.45) is 1.08. The van der Waals surface area contributed by atoms with E-state index in [2.05, 4.69) is 19.7 Å². The van der Waals surface area contributed by atoms with Gasteiger partial charge in [0.15, 0.2) is 5.52 Å². The first-order valence-electron chi connectivity index (χ1n) is 8.84. The number of nitrogens with one attached hydrogen (secondary N) is 1. The van der Waals surface area contributed by atoms with Crippen LogP contribution >= 0.6 is 0 Å². The molecule has 1 saturated heterocycles. The first kappa shape index (κ1) is 19.6. The Morgan fingerprint density at radius 2 is 2.00 bits per heavy atom. The van der Waals surface area contributed by atoms with Gasteiger partial charge < -0.3 is 9.64 Å². The van der Waals surface area contributed by atoms with E-state index in [4.69, 9.17) is 4.74 Å². The molecular weight excluding hydrogens is 372 g/mol. The molecule has 0 spiro atoms. The standard InChI is InChI=1S/C17H24N4O5S/c1-17(2,3)25-16(22)21-9-7-12(8-10-21)11-18-27(23,24)14-6-4-5-13-15(14)20-26-19-13/h4-6,12,18H,7-11H2,1-3H3. The predicted molar refractivity (Wildman–Crippen MR) is 97.5 cm³/mol. The molecule has 1 aliphatic rings. The number of carbonyl (C=O) groups excluding carboxylic acids is 1. The minimum atomic E-state index is -3.73. The Hall–Kier alpha value is -2.20. The molecule has 27 heavy (non-hydrogen) atoms. The lowest BCUT2D eigenvalue weighted by Gasteiger charge is -2.33. The second-order valence-electron chi connectivity index (χ2n) is 7.65. The van der Waals surface area contributed by atoms with E-state index in [1.807, 2.05) is 20.8 Å². The van der Waals surface area contributed by atoms with Crippen molar-refractivity contribution in [3.05, 3.63) is 18.2 Å². The lowest BCUT2D eigenvalue weighted by molar-refractivity contribution is 0.0185. The maximum atomic E-state index is 12.6. The third-order valence-corrected chi connectivity index (χ3v) is 5.82. The van der Waals surface area contributed by atoms with Gasteiger partial charge in [-0.1, -0.05) is 6.07 Å². The molecule has 0 saturated carbocycles. The second-order valence-corrected chi connectivity index (χ2v) is 9.39. The summed E-state index contributed by atoms with van der Waals surface area (Å²) in [6.45, 7) is 6.88. The highest BCUT2D eigenvalue weighted by atomic mass is 32.2. The number of carbonyl (C=O) groups is 1. The van der Waals surface area contributed by atoms with Crippen LogP contribution in [0.2, 0.25) is 0 Å². The molecule has 9 nitrogen and oxygen atoms in total. The monoisotopic (exact) mass is 396 g/mol. The van der Waals surface area contributed by atoms with E-state index in [1.54, 1.807) is 17.0 Å². The zero-order valence-electron chi connectivity index (χ0n) is 15.6. The Morgan fingerprint density at radius 3 is 2.67 bits per heavy atom. The summed E-state index contributed by atoms with van der Waals surface area (Å²) in [5, 5.41) is 7.34. The molecule has 1 amide bonds. The highest BCUT2D eigenvalue weighted by Gasteiger charge is 2.28. The van der Waals surface area contributed by atoms with Crippen molar-refractivity contribution in [2.75, 3.05) is 19.6 Å². The molecule has 1 aromatic carbocycles. The first-order chi connectivity index (χ1) is 12.7. The minimum absolute atomic E-state index is 0.0486. The minimum Gasteiger partial charge on any atom is -0.444 e. The molecule has 0 radical (unpaired) electrons. The number of rotatable bonds is 4. The number of benzene rings is 1. The molecule has 1 N–H and O–H groups in total. The van der Waals surface area contributed by atoms with E-state index in [9.17, 15) is 13.2 Å². The zero-order chi connectivity index (χ0) is 19.7. The molecule has 0 unspecified atom stereocenters. The average Bonchev–Trinajstić information content (AvgIpc) is 3.07. The highest BCUT2D eigenvalue weighted by molar-refractivity contribution is 7.89. The van der Waals surface area contributed by atoms with Crippen molar-refractivity contribution < 1.29 is 22.6 Å². The van der Waals surface area contributed by atoms with Gasteiger partial charge in [0.25, 0.3) is 0 Å². The molecule has 1 aliphatic heterocycles. The third kappa shape index (κ3) is 4.75. The lowest BCUT2D eigenvalue weighted by Crippen LogP contribution is -2.43. The molecule has 2 aromatic rings. The molecule has 0 atom stereocenters. The maximum absolute atomic E-state index is 12.6. The molecule has 2 heterocycles. The van der Waals surface area contributed by atoms with Crippen molar-refractivity contribution in [1.82, 2.24) is 19.9 Å². The molecule has 0 bridgehead atoms. The van der Waals surface area contributed by atoms with Crippen LogP contribution in [0.3, 0.4) is 0 Å². The summed E-state index contributed by atoms with van der Waals surface area (Å²) in [7, 11) is -3.73. The normalized spacial score (nSPS) is 16.6. The van der Waals surface area contributed by atoms with E-state index < -0.39 is 15.6 Å². The Balaban J connectivity index is 1.55. The average molecular weight is 396 g/mol. The lowest BCUT2D eigenvalue weighted by atomic mass is 9.97. The van der Waals surface area contributed by atoms with Crippen LogP contribution in [0.1, 0.15) is 33.6 Å². The van der Waals surface area contributed by atoms with Crippen LogP contribution in [0, 0.1) is 5.92 Å². The number of sulfonamides is 1. The van der Waals surface area contributed by atoms with E-state index in [1.165, 1.54) is 6.07 Å². The number of likely N-dealkylation sites (tertiary alicyclic amines) is 1. The van der Waals surface area contributed by atoms with E-state index in [-0.39, 0.29) is 22.4 Å². The third-order valence-electron chi connectivity index (χ3n) is 4.37.